The number of amides is 1. The Kier molecular flexibility index (Phi) is 3.92. The molecule has 0 aliphatic carbocycles. The molecule has 0 radical (unpaired) electrons. The zero-order chi connectivity index (χ0) is 15.5. The van der Waals surface area contributed by atoms with Gasteiger partial charge in [0.05, 0.1) is 12.2 Å². The van der Waals surface area contributed by atoms with Crippen molar-refractivity contribution in [1.82, 2.24) is 9.78 Å². The van der Waals surface area contributed by atoms with Crippen LogP contribution in [0.4, 0.5) is 5.82 Å². The van der Waals surface area contributed by atoms with Gasteiger partial charge in [-0.1, -0.05) is 43.3 Å². The second-order valence-corrected chi connectivity index (χ2v) is 5.40. The number of carbonyl (C=O) groups is 1. The predicted molar refractivity (Wildman–Crippen MR) is 89.1 cm³/mol. The molecule has 4 heteroatoms. The standard InChI is InChI=1S/C18H19N3O/c1-3-13(2)21-17(11-12-19-21)20-18(22)16-10-6-8-14-7-4-5-9-15(14)16/h4-13H,3H2,1-2H3,(H,20,22). The van der Waals surface area contributed by atoms with Crippen molar-refractivity contribution >= 4 is 22.5 Å². The summed E-state index contributed by atoms with van der Waals surface area (Å²) in [4.78, 5) is 12.6. The highest BCUT2D eigenvalue weighted by Crippen LogP contribution is 2.21. The highest BCUT2D eigenvalue weighted by atomic mass is 16.1. The van der Waals surface area contributed by atoms with Crippen molar-refractivity contribution in [2.75, 3.05) is 5.32 Å². The number of nitrogens with zero attached hydrogens (tertiary/aromatic N) is 2. The molecule has 0 aliphatic rings. The van der Waals surface area contributed by atoms with Crippen molar-refractivity contribution in [3.63, 3.8) is 0 Å². The SMILES string of the molecule is CCC(C)n1nccc1NC(=O)c1cccc2ccccc12. The van der Waals surface area contributed by atoms with Gasteiger partial charge < -0.3 is 5.32 Å². The molecule has 0 bridgehead atoms. The Hall–Kier alpha value is -2.62. The second-order valence-electron chi connectivity index (χ2n) is 5.40. The molecule has 2 aromatic carbocycles. The maximum atomic E-state index is 12.6. The monoisotopic (exact) mass is 293 g/mol. The maximum absolute atomic E-state index is 12.6. The highest BCUT2D eigenvalue weighted by molar-refractivity contribution is 6.12. The van der Waals surface area contributed by atoms with Crippen molar-refractivity contribution in [3.8, 4) is 0 Å². The largest absolute Gasteiger partial charge is 0.307 e. The minimum atomic E-state index is -0.109. The van der Waals surface area contributed by atoms with Crippen molar-refractivity contribution in [2.24, 2.45) is 0 Å². The molecule has 0 saturated heterocycles. The van der Waals surface area contributed by atoms with E-state index >= 15 is 0 Å². The zero-order valence-electron chi connectivity index (χ0n) is 12.8. The molecule has 0 aliphatic heterocycles. The van der Waals surface area contributed by atoms with Gasteiger partial charge in [-0.2, -0.15) is 5.10 Å². The fourth-order valence-corrected chi connectivity index (χ4v) is 2.54. The molecule has 0 saturated carbocycles. The Morgan fingerprint density at radius 2 is 1.95 bits per heavy atom. The van der Waals surface area contributed by atoms with Crippen LogP contribution in [0.5, 0.6) is 0 Å². The van der Waals surface area contributed by atoms with Crippen LogP contribution >= 0.6 is 0 Å². The summed E-state index contributed by atoms with van der Waals surface area (Å²) in [7, 11) is 0. The number of hydrogen-bond donors (Lipinski definition) is 1. The van der Waals surface area contributed by atoms with E-state index in [0.717, 1.165) is 23.0 Å². The molecular formula is C18H19N3O. The van der Waals surface area contributed by atoms with E-state index in [2.05, 4.69) is 24.3 Å². The number of fused-ring (bicyclic) bond motifs is 1. The molecule has 22 heavy (non-hydrogen) atoms. The number of nitrogens with one attached hydrogen (secondary N) is 1. The summed E-state index contributed by atoms with van der Waals surface area (Å²) in [5.74, 6) is 0.620. The fourth-order valence-electron chi connectivity index (χ4n) is 2.54. The third kappa shape index (κ3) is 2.60. The molecule has 0 fully saturated rings. The van der Waals surface area contributed by atoms with Gasteiger partial charge >= 0.3 is 0 Å². The van der Waals surface area contributed by atoms with Crippen LogP contribution in [0.2, 0.25) is 0 Å². The van der Waals surface area contributed by atoms with Gasteiger partial charge in [0.1, 0.15) is 5.82 Å². The van der Waals surface area contributed by atoms with Crippen molar-refractivity contribution < 1.29 is 4.79 Å². The molecule has 3 rings (SSSR count). The Labute approximate surface area is 129 Å². The van der Waals surface area contributed by atoms with Gasteiger partial charge in [-0.3, -0.25) is 4.79 Å². The number of benzene rings is 2. The number of carbonyl (C=O) groups excluding carboxylic acids is 1. The normalized spacial score (nSPS) is 12.3. The van der Waals surface area contributed by atoms with Gasteiger partial charge in [-0.15, -0.1) is 0 Å². The minimum Gasteiger partial charge on any atom is -0.307 e. The van der Waals surface area contributed by atoms with Gasteiger partial charge in [0, 0.05) is 11.6 Å². The average molecular weight is 293 g/mol. The predicted octanol–water partition coefficient (Wildman–Crippen LogP) is 4.26. The van der Waals surface area contributed by atoms with Gasteiger partial charge in [0.25, 0.3) is 5.91 Å². The first-order valence-electron chi connectivity index (χ1n) is 7.53. The Bertz CT molecular complexity index is 801. The number of hydrogen-bond acceptors (Lipinski definition) is 2. The summed E-state index contributed by atoms with van der Waals surface area (Å²) in [5.41, 5.74) is 0.676. The lowest BCUT2D eigenvalue weighted by molar-refractivity contribution is 0.102. The van der Waals surface area contributed by atoms with Crippen LogP contribution < -0.4 is 5.32 Å². The van der Waals surface area contributed by atoms with Crippen LogP contribution in [-0.2, 0) is 0 Å². The van der Waals surface area contributed by atoms with Crippen LogP contribution in [0, 0.1) is 0 Å². The summed E-state index contributed by atoms with van der Waals surface area (Å²) in [6, 6.07) is 15.7. The Balaban J connectivity index is 1.93. The van der Waals surface area contributed by atoms with Gasteiger partial charge in [-0.25, -0.2) is 4.68 Å². The molecule has 112 valence electrons. The van der Waals surface area contributed by atoms with Crippen LogP contribution in [-0.4, -0.2) is 15.7 Å². The smallest absolute Gasteiger partial charge is 0.257 e. The van der Waals surface area contributed by atoms with Gasteiger partial charge in [-0.05, 0) is 30.2 Å². The summed E-state index contributed by atoms with van der Waals surface area (Å²) in [6.07, 6.45) is 2.67. The molecule has 0 spiro atoms. The number of aromatic nitrogens is 2. The minimum absolute atomic E-state index is 0.109. The lowest BCUT2D eigenvalue weighted by atomic mass is 10.0. The average Bonchev–Trinajstić information content (AvgIpc) is 3.01. The highest BCUT2D eigenvalue weighted by Gasteiger charge is 2.14. The molecule has 1 N–H and O–H groups in total. The Morgan fingerprint density at radius 1 is 1.18 bits per heavy atom. The van der Waals surface area contributed by atoms with Gasteiger partial charge in [0.2, 0.25) is 0 Å². The maximum Gasteiger partial charge on any atom is 0.257 e. The lowest BCUT2D eigenvalue weighted by Crippen LogP contribution is -2.17. The van der Waals surface area contributed by atoms with E-state index in [0.29, 0.717) is 5.56 Å². The molecule has 1 amide bonds. The van der Waals surface area contributed by atoms with Crippen LogP contribution in [0.1, 0.15) is 36.7 Å². The topological polar surface area (TPSA) is 46.9 Å². The number of anilines is 1. The zero-order valence-corrected chi connectivity index (χ0v) is 12.8. The third-order valence-electron chi connectivity index (χ3n) is 3.95. The summed E-state index contributed by atoms with van der Waals surface area (Å²) in [5, 5.41) is 9.29. The summed E-state index contributed by atoms with van der Waals surface area (Å²) < 4.78 is 1.85. The van der Waals surface area contributed by atoms with E-state index in [1.165, 1.54) is 0 Å². The third-order valence-corrected chi connectivity index (χ3v) is 3.95. The van der Waals surface area contributed by atoms with Crippen molar-refractivity contribution in [3.05, 3.63) is 60.3 Å². The molecule has 4 nitrogen and oxygen atoms in total. The van der Waals surface area contributed by atoms with Crippen molar-refractivity contribution in [1.29, 1.82) is 0 Å². The van der Waals surface area contributed by atoms with Gasteiger partial charge in [0.15, 0.2) is 0 Å². The molecular weight excluding hydrogens is 274 g/mol. The summed E-state index contributed by atoms with van der Waals surface area (Å²) in [6.45, 7) is 4.18. The fraction of sp³-hybridized carbons (Fsp3) is 0.222. The molecule has 1 aromatic heterocycles. The summed E-state index contributed by atoms with van der Waals surface area (Å²) >= 11 is 0. The van der Waals surface area contributed by atoms with Crippen molar-refractivity contribution in [2.45, 2.75) is 26.3 Å². The molecule has 3 aromatic rings. The van der Waals surface area contributed by atoms with E-state index in [9.17, 15) is 4.79 Å². The van der Waals surface area contributed by atoms with E-state index < -0.39 is 0 Å². The van der Waals surface area contributed by atoms with Crippen LogP contribution in [0.25, 0.3) is 10.8 Å². The van der Waals surface area contributed by atoms with E-state index in [1.807, 2.05) is 53.2 Å². The van der Waals surface area contributed by atoms with E-state index in [1.54, 1.807) is 6.20 Å². The number of rotatable bonds is 4. The van der Waals surface area contributed by atoms with E-state index in [-0.39, 0.29) is 11.9 Å². The van der Waals surface area contributed by atoms with Crippen LogP contribution in [0.3, 0.4) is 0 Å². The molecule has 1 atom stereocenters. The lowest BCUT2D eigenvalue weighted by Gasteiger charge is -2.14. The molecule has 1 heterocycles. The quantitative estimate of drug-likeness (QED) is 0.781. The first-order chi connectivity index (χ1) is 10.7. The first kappa shape index (κ1) is 14.3. The first-order valence-corrected chi connectivity index (χ1v) is 7.53. The van der Waals surface area contributed by atoms with E-state index in [4.69, 9.17) is 0 Å². The molecule has 1 unspecified atom stereocenters. The van der Waals surface area contributed by atoms with Crippen LogP contribution in [0.15, 0.2) is 54.7 Å². The second kappa shape index (κ2) is 6.02. The Morgan fingerprint density at radius 3 is 2.77 bits per heavy atom.